The van der Waals surface area contributed by atoms with Gasteiger partial charge in [-0.05, 0) is 19.1 Å². The molecular formula is C19H14N4O. The van der Waals surface area contributed by atoms with Crippen molar-refractivity contribution in [2.75, 3.05) is 0 Å². The summed E-state index contributed by atoms with van der Waals surface area (Å²) in [7, 11) is 0. The van der Waals surface area contributed by atoms with Gasteiger partial charge < -0.3 is 4.42 Å². The molecule has 0 aliphatic heterocycles. The monoisotopic (exact) mass is 314 g/mol. The van der Waals surface area contributed by atoms with Gasteiger partial charge >= 0.3 is 5.84 Å². The molecule has 0 atom stereocenters. The molecule has 3 heterocycles. The maximum atomic E-state index is 5.52. The molecule has 5 nitrogen and oxygen atoms in total. The molecule has 5 rings (SSSR count). The molecule has 1 N–H and O–H groups in total. The average molecular weight is 314 g/mol. The number of hydrogen-bond acceptors (Lipinski definition) is 3. The highest BCUT2D eigenvalue weighted by molar-refractivity contribution is 5.88. The van der Waals surface area contributed by atoms with Crippen molar-refractivity contribution in [2.24, 2.45) is 0 Å². The fourth-order valence-electron chi connectivity index (χ4n) is 3.14. The number of aromatic amines is 1. The summed E-state index contributed by atoms with van der Waals surface area (Å²) in [4.78, 5) is 4.70. The lowest BCUT2D eigenvalue weighted by molar-refractivity contribution is 0.596. The molecule has 0 saturated carbocycles. The summed E-state index contributed by atoms with van der Waals surface area (Å²) < 4.78 is 7.50. The topological polar surface area (TPSA) is 59.1 Å². The molecule has 24 heavy (non-hydrogen) atoms. The lowest BCUT2D eigenvalue weighted by Crippen LogP contribution is -1.88. The standard InChI is InChI=1S/C19H14N4O/c1-12-3-2-4-13(9-12)17-18(23-7-8-24-19(23)21-17)14-5-6-15-11-20-22-16(15)10-14/h2-11H,1H3,(H,20,22). The second kappa shape index (κ2) is 4.83. The van der Waals surface area contributed by atoms with Crippen LogP contribution in [-0.4, -0.2) is 19.6 Å². The van der Waals surface area contributed by atoms with E-state index in [2.05, 4.69) is 53.5 Å². The Hall–Kier alpha value is -3.34. The fraction of sp³-hybridized carbons (Fsp3) is 0.0526. The minimum atomic E-state index is 0.589. The van der Waals surface area contributed by atoms with Crippen LogP contribution < -0.4 is 0 Å². The van der Waals surface area contributed by atoms with Crippen LogP contribution in [0.4, 0.5) is 0 Å². The molecule has 0 unspecified atom stereocenters. The van der Waals surface area contributed by atoms with Gasteiger partial charge in [0.2, 0.25) is 0 Å². The molecule has 116 valence electrons. The molecule has 5 heteroatoms. The quantitative estimate of drug-likeness (QED) is 0.524. The average Bonchev–Trinajstić information content (AvgIpc) is 3.29. The van der Waals surface area contributed by atoms with Gasteiger partial charge in [0.15, 0.2) is 0 Å². The van der Waals surface area contributed by atoms with Crippen LogP contribution in [0.1, 0.15) is 5.56 Å². The fourth-order valence-corrected chi connectivity index (χ4v) is 3.14. The van der Waals surface area contributed by atoms with E-state index in [9.17, 15) is 0 Å². The van der Waals surface area contributed by atoms with Crippen molar-refractivity contribution in [1.82, 2.24) is 19.6 Å². The van der Waals surface area contributed by atoms with E-state index < -0.39 is 0 Å². The van der Waals surface area contributed by atoms with Crippen molar-refractivity contribution in [1.29, 1.82) is 0 Å². The normalized spacial score (nSPS) is 11.5. The number of fused-ring (bicyclic) bond motifs is 2. The third kappa shape index (κ3) is 1.88. The third-order valence-corrected chi connectivity index (χ3v) is 4.27. The maximum Gasteiger partial charge on any atom is 0.306 e. The largest absolute Gasteiger partial charge is 0.432 e. The van der Waals surface area contributed by atoms with Crippen molar-refractivity contribution in [3.05, 3.63) is 66.7 Å². The van der Waals surface area contributed by atoms with Crippen molar-refractivity contribution in [3.63, 3.8) is 0 Å². The van der Waals surface area contributed by atoms with Crippen LogP contribution in [0.25, 0.3) is 39.3 Å². The number of benzene rings is 2. The lowest BCUT2D eigenvalue weighted by atomic mass is 10.0. The Balaban J connectivity index is 1.82. The first-order valence-electron chi connectivity index (χ1n) is 7.76. The Morgan fingerprint density at radius 1 is 1.08 bits per heavy atom. The summed E-state index contributed by atoms with van der Waals surface area (Å²) >= 11 is 0. The highest BCUT2D eigenvalue weighted by Crippen LogP contribution is 2.34. The van der Waals surface area contributed by atoms with Crippen LogP contribution in [0.2, 0.25) is 0 Å². The number of H-pyrrole nitrogens is 1. The van der Waals surface area contributed by atoms with Gasteiger partial charge in [-0.15, -0.1) is 0 Å². The molecule has 2 aromatic carbocycles. The van der Waals surface area contributed by atoms with Crippen LogP contribution in [0.3, 0.4) is 0 Å². The molecule has 0 aliphatic carbocycles. The van der Waals surface area contributed by atoms with E-state index in [1.54, 1.807) is 6.26 Å². The number of aromatic nitrogens is 4. The number of oxazole rings is 1. The number of nitrogens with one attached hydrogen (secondary N) is 1. The van der Waals surface area contributed by atoms with Gasteiger partial charge in [-0.2, -0.15) is 10.1 Å². The number of rotatable bonds is 2. The van der Waals surface area contributed by atoms with Crippen LogP contribution in [0.15, 0.2) is 65.5 Å². The molecule has 0 saturated heterocycles. The number of hydrogen-bond donors (Lipinski definition) is 1. The predicted octanol–water partition coefficient (Wildman–Crippen LogP) is 4.45. The second-order valence-electron chi connectivity index (χ2n) is 5.91. The van der Waals surface area contributed by atoms with Gasteiger partial charge in [-0.3, -0.25) is 9.50 Å². The SMILES string of the molecule is Cc1cccc(-c2nc3occn3c2-c2ccc3cn[nH]c3c2)c1. The van der Waals surface area contributed by atoms with E-state index in [-0.39, 0.29) is 0 Å². The third-order valence-electron chi connectivity index (χ3n) is 4.27. The molecule has 0 fully saturated rings. The summed E-state index contributed by atoms with van der Waals surface area (Å²) in [5.74, 6) is 0.589. The van der Waals surface area contributed by atoms with Crippen LogP contribution in [0, 0.1) is 6.92 Å². The summed E-state index contributed by atoms with van der Waals surface area (Å²) in [6, 6.07) is 14.6. The first kappa shape index (κ1) is 13.1. The molecule has 5 aromatic rings. The zero-order chi connectivity index (χ0) is 16.1. The number of aryl methyl sites for hydroxylation is 1. The van der Waals surface area contributed by atoms with E-state index in [0.717, 1.165) is 33.4 Å². The summed E-state index contributed by atoms with van der Waals surface area (Å²) in [5.41, 5.74) is 6.27. The number of nitrogens with zero attached hydrogens (tertiary/aromatic N) is 3. The van der Waals surface area contributed by atoms with Crippen LogP contribution in [0.5, 0.6) is 0 Å². The molecule has 0 amide bonds. The van der Waals surface area contributed by atoms with Crippen molar-refractivity contribution in [3.8, 4) is 22.5 Å². The highest BCUT2D eigenvalue weighted by atomic mass is 16.3. The molecule has 0 bridgehead atoms. The van der Waals surface area contributed by atoms with Crippen molar-refractivity contribution >= 4 is 16.7 Å². The van der Waals surface area contributed by atoms with Gasteiger partial charge in [0.25, 0.3) is 0 Å². The maximum absolute atomic E-state index is 5.52. The van der Waals surface area contributed by atoms with E-state index in [0.29, 0.717) is 5.84 Å². The predicted molar refractivity (Wildman–Crippen MR) is 92.7 cm³/mol. The first-order chi connectivity index (χ1) is 11.8. The first-order valence-corrected chi connectivity index (χ1v) is 7.76. The van der Waals surface area contributed by atoms with Gasteiger partial charge in [0.1, 0.15) is 12.0 Å². The van der Waals surface area contributed by atoms with Crippen molar-refractivity contribution in [2.45, 2.75) is 6.92 Å². The minimum Gasteiger partial charge on any atom is -0.432 e. The number of imidazole rings is 1. The summed E-state index contributed by atoms with van der Waals surface area (Å²) in [6.45, 7) is 2.08. The highest BCUT2D eigenvalue weighted by Gasteiger charge is 2.18. The zero-order valence-corrected chi connectivity index (χ0v) is 13.0. The Morgan fingerprint density at radius 2 is 2.04 bits per heavy atom. The second-order valence-corrected chi connectivity index (χ2v) is 5.91. The summed E-state index contributed by atoms with van der Waals surface area (Å²) in [5, 5.41) is 8.22. The van der Waals surface area contributed by atoms with E-state index in [4.69, 9.17) is 9.40 Å². The van der Waals surface area contributed by atoms with Crippen LogP contribution in [-0.2, 0) is 0 Å². The van der Waals surface area contributed by atoms with Gasteiger partial charge in [-0.25, -0.2) is 0 Å². The van der Waals surface area contributed by atoms with E-state index >= 15 is 0 Å². The minimum absolute atomic E-state index is 0.589. The zero-order valence-electron chi connectivity index (χ0n) is 13.0. The smallest absolute Gasteiger partial charge is 0.306 e. The van der Waals surface area contributed by atoms with Gasteiger partial charge in [0, 0.05) is 22.7 Å². The molecule has 0 radical (unpaired) electrons. The Morgan fingerprint density at radius 3 is 2.96 bits per heavy atom. The van der Waals surface area contributed by atoms with Crippen LogP contribution >= 0.6 is 0 Å². The summed E-state index contributed by atoms with van der Waals surface area (Å²) in [6.07, 6.45) is 5.37. The van der Waals surface area contributed by atoms with Gasteiger partial charge in [0.05, 0.1) is 17.4 Å². The Bertz CT molecular complexity index is 1180. The molecule has 3 aromatic heterocycles. The Labute approximate surface area is 137 Å². The molecule has 0 spiro atoms. The molecular weight excluding hydrogens is 300 g/mol. The lowest BCUT2D eigenvalue weighted by Gasteiger charge is -2.05. The molecule has 0 aliphatic rings. The Kier molecular flexibility index (Phi) is 2.64. The van der Waals surface area contributed by atoms with E-state index in [1.807, 2.05) is 22.9 Å². The van der Waals surface area contributed by atoms with Gasteiger partial charge in [-0.1, -0.05) is 35.9 Å². The van der Waals surface area contributed by atoms with E-state index in [1.165, 1.54) is 5.56 Å². The van der Waals surface area contributed by atoms with Crippen molar-refractivity contribution < 1.29 is 4.42 Å².